The molecule has 0 unspecified atom stereocenters. The average molecular weight is 1810 g/mol. The van der Waals surface area contributed by atoms with Gasteiger partial charge in [-0.25, -0.2) is 0 Å². The molecule has 14 aliphatic carbocycles. The summed E-state index contributed by atoms with van der Waals surface area (Å²) in [7, 11) is 0. The summed E-state index contributed by atoms with van der Waals surface area (Å²) < 4.78 is 24.5. The topological polar surface area (TPSA) is 199 Å². The fourth-order valence-corrected chi connectivity index (χ4v) is 28.1. The molecule has 12 nitrogen and oxygen atoms in total. The van der Waals surface area contributed by atoms with E-state index in [-0.39, 0.29) is 5.41 Å². The van der Waals surface area contributed by atoms with Crippen LogP contribution in [0.3, 0.4) is 0 Å². The van der Waals surface area contributed by atoms with Crippen LogP contribution in [0.4, 0.5) is 0 Å². The van der Waals surface area contributed by atoms with Gasteiger partial charge in [0, 0.05) is 52.1 Å². The smallest absolute Gasteiger partial charge is 0.0811 e. The fourth-order valence-electron chi connectivity index (χ4n) is 28.1. The second kappa shape index (κ2) is 50.8. The largest absolute Gasteiger partial charge is 0.393 e. The van der Waals surface area contributed by atoms with E-state index in [1.165, 1.54) is 178 Å². The molecular weight excluding hydrogens is 1620 g/mol. The second-order valence-electron chi connectivity index (χ2n) is 45.4. The van der Waals surface area contributed by atoms with E-state index in [1.807, 2.05) is 47.6 Å². The molecule has 0 saturated heterocycles. The van der Waals surface area contributed by atoms with E-state index in [1.54, 1.807) is 22.3 Å². The van der Waals surface area contributed by atoms with Crippen molar-refractivity contribution >= 4 is 0 Å². The first-order valence-corrected chi connectivity index (χ1v) is 53.1. The SMILES string of the molecule is C=C(C)COC[C@@H](C)[C@H]1CC[C@H]2/C(=C/C=C3/C[C@@H](O)C[C@H](O)C3=C)CCC[C@]12C.C=C1/C(=C\C=C2/CCC[C@]3(C)[C@@H]([C@H](C)COC/C=C/C)CC[C@@H]23)C[C@@H](O)C[C@@H]1O.C=C1/C(=C\C=C2/CCC[C@]3(C)[C@@H]([C@H](C)COCC(=C)C4(C)CCCCC4)CC[C@@H]23)C[C@@H](O)C[C@@H]1O.C=C1/C(=C\C=C2/CCC[C@]3(C)[C@@H]([C@H](C)COCC4=CCCCC4(C)C)CC[C@@H]23)C[C@@H](O)C[C@@H]1O.CC.CC. The van der Waals surface area contributed by atoms with Crippen molar-refractivity contribution in [1.29, 1.82) is 0 Å². The van der Waals surface area contributed by atoms with Crippen LogP contribution >= 0.6 is 0 Å². The number of fused-ring (bicyclic) bond motifs is 4. The number of ether oxygens (including phenoxy) is 4. The monoisotopic (exact) mass is 1810 g/mol. The summed E-state index contributed by atoms with van der Waals surface area (Å²) in [4.78, 5) is 0. The molecule has 0 aromatic rings. The molecule has 0 heterocycles. The Balaban J connectivity index is 0.000000195. The van der Waals surface area contributed by atoms with Gasteiger partial charge in [0.15, 0.2) is 0 Å². The Morgan fingerprint density at radius 1 is 0.389 bits per heavy atom. The van der Waals surface area contributed by atoms with Crippen molar-refractivity contribution in [2.75, 3.05) is 52.9 Å². The van der Waals surface area contributed by atoms with Crippen molar-refractivity contribution in [3.8, 4) is 0 Å². The minimum Gasteiger partial charge on any atom is -0.393 e. The Morgan fingerprint density at radius 3 is 1.00 bits per heavy atom. The molecule has 14 rings (SSSR count). The summed E-state index contributed by atoms with van der Waals surface area (Å²) in [5.74, 6) is 7.61. The van der Waals surface area contributed by atoms with E-state index in [2.05, 4.69) is 176 Å². The van der Waals surface area contributed by atoms with Crippen LogP contribution < -0.4 is 0 Å². The van der Waals surface area contributed by atoms with Crippen molar-refractivity contribution in [1.82, 2.24) is 0 Å². The minimum absolute atomic E-state index is 0.277. The van der Waals surface area contributed by atoms with Gasteiger partial charge in [-0.05, 0) is 359 Å². The molecule has 8 N–H and O–H groups in total. The summed E-state index contributed by atoms with van der Waals surface area (Å²) in [6.45, 7) is 69.7. The first-order valence-electron chi connectivity index (χ1n) is 53.1. The van der Waals surface area contributed by atoms with Crippen molar-refractivity contribution in [2.45, 2.75) is 398 Å². The highest BCUT2D eigenvalue weighted by molar-refractivity contribution is 5.43. The molecular formula is C119H190O12. The van der Waals surface area contributed by atoms with Crippen LogP contribution in [-0.2, 0) is 18.9 Å². The molecule has 0 amide bonds. The number of hydrogen-bond donors (Lipinski definition) is 8. The number of hydrogen-bond acceptors (Lipinski definition) is 12. The van der Waals surface area contributed by atoms with Gasteiger partial charge < -0.3 is 59.8 Å². The third-order valence-corrected chi connectivity index (χ3v) is 35.9. The molecule has 13 fully saturated rings. The highest BCUT2D eigenvalue weighted by Gasteiger charge is 2.55. The molecule has 12 heteroatoms. The lowest BCUT2D eigenvalue weighted by Gasteiger charge is -2.44. The molecule has 0 aromatic heterocycles. The lowest BCUT2D eigenvalue weighted by atomic mass is 9.61. The molecule has 0 aliphatic heterocycles. The summed E-state index contributed by atoms with van der Waals surface area (Å²) in [6.07, 6.45) is 59.4. The minimum atomic E-state index is -0.617. The Morgan fingerprint density at radius 2 is 0.695 bits per heavy atom. The zero-order chi connectivity index (χ0) is 95.9. The molecule has 0 aromatic carbocycles. The molecule has 0 radical (unpaired) electrons. The zero-order valence-corrected chi connectivity index (χ0v) is 86.0. The standard InChI is InChI=1S/C32H50O3.C31H48O3.2C26H40O3.2C2H6/c1-22(20-35-21-23(2)31(4)15-7-6-8-16-31)28-13-14-29-25(10-9-17-32(28,29)5)11-12-26-18-27(33)19-30(34)24(26)3;1-21(19-34-20-25-10-6-7-15-30(25,3)4)27-13-14-28-23(9-8-16-31(27,28)5)11-12-24-17-26(32)18-29(33)22(24)2;1-17(2)15-29-16-18(3)23-10-11-24-20(7-6-12-26(23,24)5)8-9-21-13-22(27)14-25(28)19(21)4;1-5-6-14-29-17-18(2)23-11-12-24-20(8-7-13-26(23,24)4)9-10-21-15-22(27)16-25(28)19(21)3;2*1-2/h11-12,22,27-30,33-34H,2-3,6-10,13-21H2,1,4-5H3;10-12,21,26-29,32-33H,2,6-9,13-20H2,1,3-5H3;8-9,18,22-25,27-28H,1,4,6-7,10-16H2,2-3,5H3;5-6,9-10,18,22-25,27-28H,3,7-8,11-17H2,1-2,4H3;2*1-2H3/b25-11+,26-12-;23-11+,24-12-;20-8+,21-9-;6-5+,20-9+,21-10-;;/t22-,27-,28-,29+,30+,32-;21-,26-,27-,28+,29+,31-;2*18-,22-,23-,24+,25+,26-;;/m1111../s1. The van der Waals surface area contributed by atoms with Gasteiger partial charge in [0.25, 0.3) is 0 Å². The quantitative estimate of drug-likeness (QED) is 0.0318. The highest BCUT2D eigenvalue weighted by Crippen LogP contribution is 2.64. The number of rotatable bonds is 25. The molecule has 738 valence electrons. The Bertz CT molecular complexity index is 4080. The van der Waals surface area contributed by atoms with E-state index < -0.39 is 48.8 Å². The van der Waals surface area contributed by atoms with Crippen LogP contribution in [0, 0.1) is 104 Å². The maximum Gasteiger partial charge on any atom is 0.0811 e. The summed E-state index contributed by atoms with van der Waals surface area (Å²) in [6, 6.07) is 0. The van der Waals surface area contributed by atoms with Crippen LogP contribution in [0.1, 0.15) is 349 Å². The van der Waals surface area contributed by atoms with Crippen LogP contribution in [-0.4, -0.2) is 143 Å². The third-order valence-electron chi connectivity index (χ3n) is 35.9. The first kappa shape index (κ1) is 110. The van der Waals surface area contributed by atoms with Crippen molar-refractivity contribution in [3.63, 3.8) is 0 Å². The van der Waals surface area contributed by atoms with Crippen molar-refractivity contribution < 1.29 is 59.8 Å². The van der Waals surface area contributed by atoms with Gasteiger partial charge in [-0.2, -0.15) is 0 Å². The first-order chi connectivity index (χ1) is 62.3. The fraction of sp³-hybridized carbons (Fsp3) is 0.731. The van der Waals surface area contributed by atoms with Crippen LogP contribution in [0.25, 0.3) is 0 Å². The van der Waals surface area contributed by atoms with Gasteiger partial charge in [-0.15, -0.1) is 0 Å². The van der Waals surface area contributed by atoms with Crippen molar-refractivity contribution in [3.05, 3.63) is 190 Å². The Labute approximate surface area is 799 Å². The number of allylic oxidation sites excluding steroid dienone is 14. The van der Waals surface area contributed by atoms with E-state index in [0.29, 0.717) is 169 Å². The summed E-state index contributed by atoms with van der Waals surface area (Å²) >= 11 is 0. The van der Waals surface area contributed by atoms with E-state index in [0.717, 1.165) is 96.0 Å². The predicted molar refractivity (Wildman–Crippen MR) is 547 cm³/mol. The Kier molecular flexibility index (Phi) is 42.7. The van der Waals surface area contributed by atoms with Crippen molar-refractivity contribution in [2.24, 2.45) is 104 Å². The van der Waals surface area contributed by atoms with Gasteiger partial charge in [0.05, 0.1) is 75.3 Å². The van der Waals surface area contributed by atoms with Crippen LogP contribution in [0.5, 0.6) is 0 Å². The van der Waals surface area contributed by atoms with Gasteiger partial charge in [-0.3, -0.25) is 0 Å². The molecule has 13 saturated carbocycles. The van der Waals surface area contributed by atoms with Crippen LogP contribution in [0.2, 0.25) is 0 Å². The Hall–Kier alpha value is -4.64. The molecule has 0 bridgehead atoms. The lowest BCUT2D eigenvalue weighted by molar-refractivity contribution is 0.0364. The lowest BCUT2D eigenvalue weighted by Crippen LogP contribution is -2.37. The van der Waals surface area contributed by atoms with E-state index >= 15 is 0 Å². The maximum atomic E-state index is 10.2. The highest BCUT2D eigenvalue weighted by atomic mass is 16.5. The van der Waals surface area contributed by atoms with E-state index in [9.17, 15) is 40.9 Å². The second-order valence-corrected chi connectivity index (χ2v) is 45.4. The maximum absolute atomic E-state index is 10.2. The number of aliphatic hydroxyl groups excluding tert-OH is 8. The third kappa shape index (κ3) is 27.9. The van der Waals surface area contributed by atoms with Gasteiger partial charge in [0.2, 0.25) is 0 Å². The van der Waals surface area contributed by atoms with Gasteiger partial charge in [-0.1, -0.05) is 257 Å². The summed E-state index contributed by atoms with van der Waals surface area (Å²) in [5.41, 5.74) is 19.2. The molecule has 0 spiro atoms. The predicted octanol–water partition coefficient (Wildman–Crippen LogP) is 27.0. The van der Waals surface area contributed by atoms with Gasteiger partial charge in [0.1, 0.15) is 0 Å². The van der Waals surface area contributed by atoms with Gasteiger partial charge >= 0.3 is 0 Å². The molecule has 14 aliphatic rings. The molecule has 24 atom stereocenters. The number of aliphatic hydroxyl groups is 8. The van der Waals surface area contributed by atoms with Crippen LogP contribution in [0.15, 0.2) is 190 Å². The summed E-state index contributed by atoms with van der Waals surface area (Å²) in [5, 5.41) is 80.8. The van der Waals surface area contributed by atoms with E-state index in [4.69, 9.17) is 18.9 Å². The average Bonchev–Trinajstić information content (AvgIpc) is 1.63. The molecule has 131 heavy (non-hydrogen) atoms. The normalized spacial score (nSPS) is 37.9. The zero-order valence-electron chi connectivity index (χ0n) is 86.0.